The molecule has 1 saturated heterocycles. The van der Waals surface area contributed by atoms with Gasteiger partial charge in [-0.3, -0.25) is 4.79 Å². The van der Waals surface area contributed by atoms with E-state index < -0.39 is 0 Å². The molecule has 1 aromatic heterocycles. The maximum Gasteiger partial charge on any atom is 0.227 e. The third-order valence-electron chi connectivity index (χ3n) is 4.41. The fourth-order valence-corrected chi connectivity index (χ4v) is 3.72. The summed E-state index contributed by atoms with van der Waals surface area (Å²) in [6.07, 6.45) is 1.56. The summed E-state index contributed by atoms with van der Waals surface area (Å²) >= 11 is 1.54. The van der Waals surface area contributed by atoms with Crippen molar-refractivity contribution in [3.63, 3.8) is 0 Å². The molecule has 4 rings (SSSR count). The quantitative estimate of drug-likeness (QED) is 0.712. The molecule has 1 fully saturated rings. The van der Waals surface area contributed by atoms with E-state index in [1.165, 1.54) is 23.5 Å². The number of hydrogen-bond acceptors (Lipinski definition) is 4. The van der Waals surface area contributed by atoms with Crippen LogP contribution in [0, 0.1) is 5.82 Å². The standard InChI is InChI=1S/C20H18FN3OS/c21-16-7-3-14(4-8-16)12-22-20-23-18(13-26-20)15-5-9-17(10-6-15)24-11-1-2-19(24)25/h3-10,13H,1-2,11-12H2,(H,22,23). The summed E-state index contributed by atoms with van der Waals surface area (Å²) in [4.78, 5) is 18.3. The zero-order valence-corrected chi connectivity index (χ0v) is 14.9. The highest BCUT2D eigenvalue weighted by molar-refractivity contribution is 7.14. The van der Waals surface area contributed by atoms with Crippen LogP contribution in [0.15, 0.2) is 53.9 Å². The Labute approximate surface area is 155 Å². The smallest absolute Gasteiger partial charge is 0.227 e. The van der Waals surface area contributed by atoms with Crippen LogP contribution in [-0.2, 0) is 11.3 Å². The fraction of sp³-hybridized carbons (Fsp3) is 0.200. The Hall–Kier alpha value is -2.73. The lowest BCUT2D eigenvalue weighted by molar-refractivity contribution is -0.117. The molecular formula is C20H18FN3OS. The lowest BCUT2D eigenvalue weighted by Crippen LogP contribution is -2.23. The molecule has 0 bridgehead atoms. The fourth-order valence-electron chi connectivity index (χ4n) is 3.00. The highest BCUT2D eigenvalue weighted by atomic mass is 32.1. The summed E-state index contributed by atoms with van der Waals surface area (Å²) in [7, 11) is 0. The van der Waals surface area contributed by atoms with Crippen LogP contribution in [0.2, 0.25) is 0 Å². The normalized spacial score (nSPS) is 14.0. The largest absolute Gasteiger partial charge is 0.357 e. The number of halogens is 1. The molecule has 6 heteroatoms. The minimum Gasteiger partial charge on any atom is -0.357 e. The van der Waals surface area contributed by atoms with Crippen LogP contribution in [0.25, 0.3) is 11.3 Å². The number of carbonyl (C=O) groups is 1. The lowest BCUT2D eigenvalue weighted by Gasteiger charge is -2.15. The Bertz CT molecular complexity index is 906. The van der Waals surface area contributed by atoms with Gasteiger partial charge in [0.25, 0.3) is 0 Å². The Morgan fingerprint density at radius 2 is 1.88 bits per heavy atom. The number of rotatable bonds is 5. The summed E-state index contributed by atoms with van der Waals surface area (Å²) < 4.78 is 12.9. The van der Waals surface area contributed by atoms with Crippen molar-refractivity contribution >= 4 is 28.1 Å². The van der Waals surface area contributed by atoms with Crippen molar-refractivity contribution in [2.75, 3.05) is 16.8 Å². The lowest BCUT2D eigenvalue weighted by atomic mass is 10.1. The van der Waals surface area contributed by atoms with Crippen LogP contribution in [0.5, 0.6) is 0 Å². The number of thiazole rings is 1. The van der Waals surface area contributed by atoms with Crippen molar-refractivity contribution < 1.29 is 9.18 Å². The Balaban J connectivity index is 1.42. The molecule has 4 nitrogen and oxygen atoms in total. The molecule has 0 radical (unpaired) electrons. The van der Waals surface area contributed by atoms with Gasteiger partial charge in [0.1, 0.15) is 5.82 Å². The summed E-state index contributed by atoms with van der Waals surface area (Å²) in [6.45, 7) is 1.40. The molecule has 1 aliphatic heterocycles. The van der Waals surface area contributed by atoms with E-state index in [1.807, 2.05) is 34.5 Å². The molecule has 1 amide bonds. The summed E-state index contributed by atoms with van der Waals surface area (Å²) in [5, 5.41) is 6.09. The monoisotopic (exact) mass is 367 g/mol. The SMILES string of the molecule is O=C1CCCN1c1ccc(-c2csc(NCc3ccc(F)cc3)n2)cc1. The summed E-state index contributed by atoms with van der Waals surface area (Å²) in [6, 6.07) is 14.4. The van der Waals surface area contributed by atoms with Gasteiger partial charge < -0.3 is 10.2 Å². The van der Waals surface area contributed by atoms with E-state index in [9.17, 15) is 9.18 Å². The number of nitrogens with one attached hydrogen (secondary N) is 1. The van der Waals surface area contributed by atoms with E-state index in [0.717, 1.165) is 40.6 Å². The van der Waals surface area contributed by atoms with E-state index in [1.54, 1.807) is 12.1 Å². The number of anilines is 2. The molecular weight excluding hydrogens is 349 g/mol. The summed E-state index contributed by atoms with van der Waals surface area (Å²) in [5.74, 6) is -0.0388. The number of amides is 1. The Kier molecular flexibility index (Phi) is 4.67. The van der Waals surface area contributed by atoms with E-state index in [0.29, 0.717) is 13.0 Å². The minimum absolute atomic E-state index is 0.193. The average Bonchev–Trinajstić information content (AvgIpc) is 3.30. The highest BCUT2D eigenvalue weighted by Crippen LogP contribution is 2.28. The molecule has 132 valence electrons. The zero-order chi connectivity index (χ0) is 17.9. The van der Waals surface area contributed by atoms with Gasteiger partial charge in [-0.1, -0.05) is 24.3 Å². The van der Waals surface area contributed by atoms with Gasteiger partial charge in [0, 0.05) is 36.1 Å². The highest BCUT2D eigenvalue weighted by Gasteiger charge is 2.21. The van der Waals surface area contributed by atoms with Crippen molar-refractivity contribution in [3.05, 3.63) is 65.3 Å². The first-order valence-corrected chi connectivity index (χ1v) is 9.42. The van der Waals surface area contributed by atoms with Gasteiger partial charge in [0.05, 0.1) is 5.69 Å². The van der Waals surface area contributed by atoms with Crippen LogP contribution in [0.1, 0.15) is 18.4 Å². The van der Waals surface area contributed by atoms with Crippen LogP contribution in [0.4, 0.5) is 15.2 Å². The van der Waals surface area contributed by atoms with E-state index in [-0.39, 0.29) is 11.7 Å². The second kappa shape index (κ2) is 7.25. The molecule has 1 N–H and O–H groups in total. The summed E-state index contributed by atoms with van der Waals surface area (Å²) in [5.41, 5.74) is 3.87. The van der Waals surface area contributed by atoms with Crippen molar-refractivity contribution in [2.24, 2.45) is 0 Å². The molecule has 0 spiro atoms. The van der Waals surface area contributed by atoms with Crippen LogP contribution in [0.3, 0.4) is 0 Å². The molecule has 0 atom stereocenters. The second-order valence-electron chi connectivity index (χ2n) is 6.21. The van der Waals surface area contributed by atoms with Crippen molar-refractivity contribution in [1.82, 2.24) is 4.98 Å². The molecule has 1 aliphatic rings. The van der Waals surface area contributed by atoms with Crippen LogP contribution >= 0.6 is 11.3 Å². The Morgan fingerprint density at radius 1 is 1.12 bits per heavy atom. The Morgan fingerprint density at radius 3 is 2.58 bits per heavy atom. The molecule has 3 aromatic rings. The molecule has 2 aromatic carbocycles. The van der Waals surface area contributed by atoms with Gasteiger partial charge in [0.2, 0.25) is 5.91 Å². The van der Waals surface area contributed by atoms with Crippen molar-refractivity contribution in [3.8, 4) is 11.3 Å². The van der Waals surface area contributed by atoms with Gasteiger partial charge in [0.15, 0.2) is 5.13 Å². The topological polar surface area (TPSA) is 45.2 Å². The minimum atomic E-state index is -0.232. The van der Waals surface area contributed by atoms with Gasteiger partial charge in [-0.15, -0.1) is 11.3 Å². The van der Waals surface area contributed by atoms with Crippen LogP contribution < -0.4 is 10.2 Å². The molecule has 2 heterocycles. The number of hydrogen-bond donors (Lipinski definition) is 1. The van der Waals surface area contributed by atoms with Gasteiger partial charge in [-0.2, -0.15) is 0 Å². The van der Waals surface area contributed by atoms with Gasteiger partial charge in [-0.05, 0) is 36.2 Å². The van der Waals surface area contributed by atoms with Gasteiger partial charge >= 0.3 is 0 Å². The molecule has 0 saturated carbocycles. The van der Waals surface area contributed by atoms with E-state index >= 15 is 0 Å². The first kappa shape index (κ1) is 16.7. The first-order valence-electron chi connectivity index (χ1n) is 8.54. The average molecular weight is 367 g/mol. The molecule has 0 unspecified atom stereocenters. The van der Waals surface area contributed by atoms with E-state index in [4.69, 9.17) is 0 Å². The number of benzene rings is 2. The maximum absolute atomic E-state index is 12.9. The van der Waals surface area contributed by atoms with E-state index in [2.05, 4.69) is 10.3 Å². The van der Waals surface area contributed by atoms with Gasteiger partial charge in [-0.25, -0.2) is 9.37 Å². The predicted octanol–water partition coefficient (Wildman–Crippen LogP) is 4.69. The molecule has 26 heavy (non-hydrogen) atoms. The number of carbonyl (C=O) groups excluding carboxylic acids is 1. The first-order chi connectivity index (χ1) is 12.7. The zero-order valence-electron chi connectivity index (χ0n) is 14.1. The third kappa shape index (κ3) is 3.60. The van der Waals surface area contributed by atoms with Crippen molar-refractivity contribution in [2.45, 2.75) is 19.4 Å². The predicted molar refractivity (Wildman–Crippen MR) is 103 cm³/mol. The van der Waals surface area contributed by atoms with Crippen LogP contribution in [-0.4, -0.2) is 17.4 Å². The second-order valence-corrected chi connectivity index (χ2v) is 7.07. The molecule has 0 aliphatic carbocycles. The third-order valence-corrected chi connectivity index (χ3v) is 5.21. The number of nitrogens with zero attached hydrogens (tertiary/aromatic N) is 2. The van der Waals surface area contributed by atoms with Crippen molar-refractivity contribution in [1.29, 1.82) is 0 Å². The maximum atomic E-state index is 12.9. The number of aromatic nitrogens is 1.